The zero-order valence-electron chi connectivity index (χ0n) is 67.7. The number of carbonyl (C=O) groups excluding carboxylic acids is 5. The van der Waals surface area contributed by atoms with Crippen LogP contribution in [0.5, 0.6) is 0 Å². The smallest absolute Gasteiger partial charge is 0.217 e. The van der Waals surface area contributed by atoms with Crippen LogP contribution < -0.4 is 26.6 Å². The molecule has 5 amide bonds. The Morgan fingerprint density at radius 1 is 0.224 bits per heavy atom. The van der Waals surface area contributed by atoms with Gasteiger partial charge in [-0.25, -0.2) is 0 Å². The first-order valence-corrected chi connectivity index (χ1v) is 40.0. The van der Waals surface area contributed by atoms with Crippen LogP contribution in [-0.4, -0.2) is 529 Å². The standard InChI is InChI=1S/C70H117N5O50/c1-16-36(88)47(99)51(103)66(109-16)107-14-29-56(44(96)31(61(106)110-29)71-17(2)83)119-64-34(74-20(5)86)45(97)55(28(13-82)116-64)121-68-53(105)58(123-70-60(50(102)41(93)26(11-80)115-70)125-65-35(75-21(6)87)46(98)54(27(12-81)117-65)120-67-52(104)48(100)39(91)24(9-78)113-67)57(122-62-32(72-18(3)84)42(94)37(89)22(7-76)111-62)30(118-68)15-108-69-59(49(101)40(92)25(10-79)114-69)124-63-33(73-19(4)85)43(95)38(90)23(8-77)112-63/h16,22-70,76-82,88-106H,7-15H2,1-6H3,(H,71,83)(H,72,84)(H,73,85)(H,74,86)(H,75,87)/t16-,22+,23+,24+,25+,26+,27+,28+,29+,30+,31+,32-,33+,34+,35+,36+,37+,38+,39-,40+,41+,42+,43+,44+,45+,46+,47+,48-,49-,50-,51-,52+,53-,54+,55+,56+,57+,58+,59-,60-,61?,62-,63-,64-,65-,66+,67-,68-,69-,70+/m0/s1. The van der Waals surface area contributed by atoms with Gasteiger partial charge in [0, 0.05) is 34.6 Å². The Morgan fingerprint density at radius 2 is 0.488 bits per heavy atom. The third kappa shape index (κ3) is 23.1. The molecule has 10 aliphatic rings. The fraction of sp³-hybridized carbons (Fsp3) is 0.929. The number of aliphatic hydroxyl groups is 26. The van der Waals surface area contributed by atoms with Gasteiger partial charge in [0.2, 0.25) is 29.5 Å². The second kappa shape index (κ2) is 44.9. The van der Waals surface area contributed by atoms with Gasteiger partial charge in [-0.05, 0) is 6.92 Å². The topological polar surface area (TPSA) is 847 Å². The molecule has 0 saturated carbocycles. The highest BCUT2D eigenvalue weighted by atomic mass is 16.8. The lowest BCUT2D eigenvalue weighted by molar-refractivity contribution is -0.408. The molecule has 0 spiro atoms. The van der Waals surface area contributed by atoms with Gasteiger partial charge in [0.15, 0.2) is 62.9 Å². The van der Waals surface area contributed by atoms with E-state index in [2.05, 4.69) is 26.6 Å². The zero-order valence-corrected chi connectivity index (χ0v) is 67.7. The molecule has 1 unspecified atom stereocenters. The van der Waals surface area contributed by atoms with Gasteiger partial charge in [-0.3, -0.25) is 24.0 Å². The maximum absolute atomic E-state index is 13.4. The Balaban J connectivity index is 1.08. The normalized spacial score (nSPS) is 48.7. The van der Waals surface area contributed by atoms with Gasteiger partial charge < -0.3 is 249 Å². The van der Waals surface area contributed by atoms with E-state index in [0.29, 0.717) is 0 Å². The molecule has 125 heavy (non-hydrogen) atoms. The van der Waals surface area contributed by atoms with E-state index < -0.39 is 396 Å². The van der Waals surface area contributed by atoms with Crippen LogP contribution in [0.25, 0.3) is 0 Å². The first-order chi connectivity index (χ1) is 59.1. The van der Waals surface area contributed by atoms with Gasteiger partial charge in [0.1, 0.15) is 238 Å². The molecule has 10 heterocycles. The van der Waals surface area contributed by atoms with Gasteiger partial charge in [-0.15, -0.1) is 0 Å². The maximum atomic E-state index is 13.4. The van der Waals surface area contributed by atoms with E-state index in [-0.39, 0.29) is 0 Å². The molecular weight excluding hydrogens is 1710 g/mol. The summed E-state index contributed by atoms with van der Waals surface area (Å²) in [6.07, 6.45) is -96.0. The van der Waals surface area contributed by atoms with Gasteiger partial charge >= 0.3 is 0 Å². The summed E-state index contributed by atoms with van der Waals surface area (Å²) in [5, 5.41) is 305. The van der Waals surface area contributed by atoms with Crippen LogP contribution in [0.1, 0.15) is 41.5 Å². The number of hydrogen-bond acceptors (Lipinski definition) is 50. The lowest BCUT2D eigenvalue weighted by Gasteiger charge is -2.52. The predicted octanol–water partition coefficient (Wildman–Crippen LogP) is -21.1. The van der Waals surface area contributed by atoms with Crippen molar-refractivity contribution < 1.29 is 247 Å². The summed E-state index contributed by atoms with van der Waals surface area (Å²) in [6.45, 7) is -4.42. The Labute approximate surface area is 708 Å². The minimum Gasteiger partial charge on any atom is -0.394 e. The fourth-order valence-corrected chi connectivity index (χ4v) is 16.2. The highest BCUT2D eigenvalue weighted by Crippen LogP contribution is 2.42. The minimum atomic E-state index is -2.78. The van der Waals surface area contributed by atoms with E-state index in [0.717, 1.165) is 34.6 Å². The average molecular weight is 1830 g/mol. The molecule has 0 bridgehead atoms. The number of rotatable bonds is 32. The van der Waals surface area contributed by atoms with Crippen LogP contribution in [0.4, 0.5) is 0 Å². The van der Waals surface area contributed by atoms with Crippen LogP contribution >= 0.6 is 0 Å². The van der Waals surface area contributed by atoms with Crippen molar-refractivity contribution in [3.63, 3.8) is 0 Å². The van der Waals surface area contributed by atoms with Crippen LogP contribution in [0.3, 0.4) is 0 Å². The molecule has 10 aliphatic heterocycles. The first kappa shape index (κ1) is 103. The molecule has 0 aromatic heterocycles. The van der Waals surface area contributed by atoms with Crippen LogP contribution in [0.2, 0.25) is 0 Å². The molecule has 10 saturated heterocycles. The van der Waals surface area contributed by atoms with Crippen LogP contribution in [0.15, 0.2) is 0 Å². The molecule has 722 valence electrons. The van der Waals surface area contributed by atoms with Crippen molar-refractivity contribution in [1.82, 2.24) is 26.6 Å². The van der Waals surface area contributed by atoms with Crippen molar-refractivity contribution in [2.45, 2.75) is 348 Å². The Morgan fingerprint density at radius 3 is 0.904 bits per heavy atom. The van der Waals surface area contributed by atoms with Gasteiger partial charge in [-0.2, -0.15) is 0 Å². The zero-order chi connectivity index (χ0) is 92.1. The van der Waals surface area contributed by atoms with Crippen molar-refractivity contribution >= 4 is 29.5 Å². The summed E-state index contributed by atoms with van der Waals surface area (Å²) in [7, 11) is 0. The van der Waals surface area contributed by atoms with Crippen LogP contribution in [0, 0.1) is 0 Å². The predicted molar refractivity (Wildman–Crippen MR) is 386 cm³/mol. The number of hydrogen-bond donors (Lipinski definition) is 31. The molecular formula is C70H117N5O50. The Bertz CT molecular complexity index is 3420. The highest BCUT2D eigenvalue weighted by Gasteiger charge is 2.62. The van der Waals surface area contributed by atoms with Gasteiger partial charge in [-0.1, -0.05) is 0 Å². The number of carbonyl (C=O) groups is 5. The molecule has 0 aromatic carbocycles. The quantitative estimate of drug-likeness (QED) is 0.0297. The molecule has 0 radical (unpaired) electrons. The third-order valence-corrected chi connectivity index (χ3v) is 22.8. The van der Waals surface area contributed by atoms with Crippen molar-refractivity contribution in [2.24, 2.45) is 0 Å². The lowest BCUT2D eigenvalue weighted by atomic mass is 9.93. The second-order valence-electron chi connectivity index (χ2n) is 31.7. The number of nitrogens with one attached hydrogen (secondary N) is 5. The van der Waals surface area contributed by atoms with Crippen molar-refractivity contribution in [2.75, 3.05) is 59.5 Å². The summed E-state index contributed by atoms with van der Waals surface area (Å²) in [5.41, 5.74) is 0. The largest absolute Gasteiger partial charge is 0.394 e. The molecule has 31 N–H and O–H groups in total. The van der Waals surface area contributed by atoms with E-state index in [1.807, 2.05) is 0 Å². The highest BCUT2D eigenvalue weighted by molar-refractivity contribution is 5.75. The SMILES string of the molecule is CC(=O)N[C@@H]1[C@H](O[C@H]2[C@H](O[C@H]3O[C@H](CO)[C@@H](O)[C@H](O)[C@@H]3O[C@@H]3O[C@H](CO)[C@@H](O[C@@H]4O[C@H](CO)[C@H](O)[C@H](O)[C@H]4O)[C@H](O)[C@H]3NC(C)=O)[C@H](O)[C@H](O[C@H]3[C@H](O)[C@@H](NC(C)=O)[C@H](O[C@H]4[C@H](O)[C@@H](NC(C)=O)C(O)O[C@@H]4CO[C@@H]4O[C@@H](C)[C@@H](O)[C@@H](O)[C@@H]4O)O[C@@H]3CO)O[C@@H]2CO[C@H]2O[C@H](CO)[C@@H](O)[C@H](O)[C@@H]2O[C@@H]2O[C@H](CO)[C@@H](O)[C@H](O)[C@H]2NC(C)=O)O[C@H](CO)[C@@H](O)[C@@H]1O. The monoisotopic (exact) mass is 1830 g/mol. The third-order valence-electron chi connectivity index (χ3n) is 22.8. The molecule has 10 rings (SSSR count). The van der Waals surface area contributed by atoms with E-state index in [1.54, 1.807) is 0 Å². The lowest BCUT2D eigenvalue weighted by Crippen LogP contribution is -2.71. The van der Waals surface area contributed by atoms with Crippen molar-refractivity contribution in [1.29, 1.82) is 0 Å². The number of amides is 5. The fourth-order valence-electron chi connectivity index (χ4n) is 16.2. The summed E-state index contributed by atoms with van der Waals surface area (Å²) < 4.78 is 116. The minimum absolute atomic E-state index is 0.864. The summed E-state index contributed by atoms with van der Waals surface area (Å²) in [4.78, 5) is 65.0. The number of aliphatic hydroxyl groups excluding tert-OH is 26. The summed E-state index contributed by atoms with van der Waals surface area (Å²) in [6, 6.07) is -9.78. The van der Waals surface area contributed by atoms with E-state index in [9.17, 15) is 157 Å². The number of ether oxygens (including phenoxy) is 19. The molecule has 10 fully saturated rings. The van der Waals surface area contributed by atoms with E-state index >= 15 is 0 Å². The Kier molecular flexibility index (Phi) is 36.8. The van der Waals surface area contributed by atoms with Crippen LogP contribution in [-0.2, 0) is 114 Å². The maximum Gasteiger partial charge on any atom is 0.217 e. The molecule has 50 atom stereocenters. The van der Waals surface area contributed by atoms with E-state index in [4.69, 9.17) is 90.0 Å². The summed E-state index contributed by atoms with van der Waals surface area (Å²) >= 11 is 0. The molecule has 0 aliphatic carbocycles. The van der Waals surface area contributed by atoms with Gasteiger partial charge in [0.05, 0.1) is 65.6 Å². The first-order valence-electron chi connectivity index (χ1n) is 40.0. The van der Waals surface area contributed by atoms with E-state index in [1.165, 1.54) is 6.92 Å². The molecule has 55 heteroatoms. The van der Waals surface area contributed by atoms with Gasteiger partial charge in [0.25, 0.3) is 0 Å². The van der Waals surface area contributed by atoms with Crippen molar-refractivity contribution in [3.05, 3.63) is 0 Å². The molecule has 0 aromatic rings. The molecule has 55 nitrogen and oxygen atoms in total. The second-order valence-corrected chi connectivity index (χ2v) is 31.7. The average Bonchev–Trinajstić information content (AvgIpc) is 0.755. The Hall–Kier alpha value is -4.45. The summed E-state index contributed by atoms with van der Waals surface area (Å²) in [5.74, 6) is -4.80. The van der Waals surface area contributed by atoms with Crippen molar-refractivity contribution in [3.8, 4) is 0 Å².